The van der Waals surface area contributed by atoms with Gasteiger partial charge in [0.25, 0.3) is 0 Å². The zero-order chi connectivity index (χ0) is 20.9. The summed E-state index contributed by atoms with van der Waals surface area (Å²) in [6.45, 7) is 0. The number of ether oxygens (including phenoxy) is 2. The van der Waals surface area contributed by atoms with E-state index in [1.807, 2.05) is 60.1 Å². The largest absolute Gasteiger partial charge is 0.493 e. The number of benzene rings is 2. The summed E-state index contributed by atoms with van der Waals surface area (Å²) in [5, 5.41) is 9.61. The van der Waals surface area contributed by atoms with Crippen LogP contribution in [0.4, 0.5) is 5.13 Å². The Morgan fingerprint density at radius 2 is 1.90 bits per heavy atom. The number of anilines is 1. The highest BCUT2D eigenvalue weighted by Gasteiger charge is 2.12. The highest BCUT2D eigenvalue weighted by Crippen LogP contribution is 2.33. The van der Waals surface area contributed by atoms with Gasteiger partial charge in [-0.05, 0) is 35.9 Å². The first-order valence-corrected chi connectivity index (χ1v) is 10.1. The zero-order valence-corrected chi connectivity index (χ0v) is 17.3. The number of hydrogen-bond acceptors (Lipinski definition) is 6. The van der Waals surface area contributed by atoms with E-state index in [4.69, 9.17) is 9.47 Å². The zero-order valence-electron chi connectivity index (χ0n) is 16.5. The van der Waals surface area contributed by atoms with Crippen molar-refractivity contribution in [1.29, 1.82) is 0 Å². The number of para-hydroxylation sites is 1. The summed E-state index contributed by atoms with van der Waals surface area (Å²) in [5.74, 6) is 1.14. The van der Waals surface area contributed by atoms with Crippen molar-refractivity contribution in [2.75, 3.05) is 19.5 Å². The average molecular weight is 420 g/mol. The highest BCUT2D eigenvalue weighted by molar-refractivity contribution is 7.14. The summed E-state index contributed by atoms with van der Waals surface area (Å²) in [5.41, 5.74) is 3.42. The van der Waals surface area contributed by atoms with Crippen LogP contribution in [-0.4, -0.2) is 34.9 Å². The molecule has 2 aromatic carbocycles. The maximum Gasteiger partial charge on any atom is 0.230 e. The molecule has 2 aromatic heterocycles. The van der Waals surface area contributed by atoms with Gasteiger partial charge in [0.15, 0.2) is 16.6 Å². The number of nitrogens with zero attached hydrogens (tertiary/aromatic N) is 3. The van der Waals surface area contributed by atoms with Gasteiger partial charge in [-0.15, -0.1) is 11.3 Å². The van der Waals surface area contributed by atoms with Gasteiger partial charge in [0.1, 0.15) is 0 Å². The first kappa shape index (κ1) is 19.7. The van der Waals surface area contributed by atoms with Crippen molar-refractivity contribution >= 4 is 22.4 Å². The molecule has 0 aliphatic heterocycles. The standard InChI is InChI=1S/C22H20N4O3S/c1-28-19-9-8-16(11-20(19)29-2)18-14-30-22(24-18)25-21(27)10-15-12-23-26(13-15)17-6-4-3-5-7-17/h3-9,11-14H,10H2,1-2H3,(H,24,25,27). The topological polar surface area (TPSA) is 78.3 Å². The van der Waals surface area contributed by atoms with E-state index in [-0.39, 0.29) is 12.3 Å². The second-order valence-electron chi connectivity index (χ2n) is 6.46. The molecule has 1 amide bonds. The highest BCUT2D eigenvalue weighted by atomic mass is 32.1. The number of thiazole rings is 1. The van der Waals surface area contributed by atoms with Gasteiger partial charge in [0, 0.05) is 17.1 Å². The minimum absolute atomic E-state index is 0.143. The molecule has 152 valence electrons. The fraction of sp³-hybridized carbons (Fsp3) is 0.136. The van der Waals surface area contributed by atoms with Gasteiger partial charge in [0.05, 0.1) is 38.2 Å². The lowest BCUT2D eigenvalue weighted by Gasteiger charge is -2.08. The van der Waals surface area contributed by atoms with Gasteiger partial charge in [-0.25, -0.2) is 9.67 Å². The molecule has 0 unspecified atom stereocenters. The van der Waals surface area contributed by atoms with Crippen LogP contribution in [0.5, 0.6) is 11.5 Å². The molecule has 0 bridgehead atoms. The van der Waals surface area contributed by atoms with Crippen LogP contribution < -0.4 is 14.8 Å². The van der Waals surface area contributed by atoms with Crippen molar-refractivity contribution in [1.82, 2.24) is 14.8 Å². The van der Waals surface area contributed by atoms with Gasteiger partial charge < -0.3 is 14.8 Å². The van der Waals surface area contributed by atoms with E-state index in [9.17, 15) is 4.79 Å². The number of amides is 1. The second kappa shape index (κ2) is 8.79. The summed E-state index contributed by atoms with van der Waals surface area (Å²) >= 11 is 1.37. The lowest BCUT2D eigenvalue weighted by Crippen LogP contribution is -2.13. The van der Waals surface area contributed by atoms with Crippen molar-refractivity contribution in [3.8, 4) is 28.4 Å². The maximum absolute atomic E-state index is 12.4. The van der Waals surface area contributed by atoms with Crippen LogP contribution in [0.2, 0.25) is 0 Å². The number of aromatic nitrogens is 3. The van der Waals surface area contributed by atoms with Crippen LogP contribution in [0.25, 0.3) is 16.9 Å². The van der Waals surface area contributed by atoms with Gasteiger partial charge in [-0.3, -0.25) is 4.79 Å². The third-order valence-corrected chi connectivity index (χ3v) is 5.21. The third-order valence-electron chi connectivity index (χ3n) is 4.45. The molecule has 2 heterocycles. The number of nitrogens with one attached hydrogen (secondary N) is 1. The molecule has 0 spiro atoms. The monoisotopic (exact) mass is 420 g/mol. The molecular formula is C22H20N4O3S. The predicted octanol–water partition coefficient (Wildman–Crippen LogP) is 4.19. The van der Waals surface area contributed by atoms with E-state index >= 15 is 0 Å². The molecule has 7 nitrogen and oxygen atoms in total. The number of rotatable bonds is 7. The molecule has 0 fully saturated rings. The molecule has 0 saturated carbocycles. The molecule has 0 saturated heterocycles. The lowest BCUT2D eigenvalue weighted by molar-refractivity contribution is -0.115. The van der Waals surface area contributed by atoms with Crippen molar-refractivity contribution in [3.05, 3.63) is 71.9 Å². The molecule has 0 aliphatic rings. The van der Waals surface area contributed by atoms with Gasteiger partial charge in [-0.2, -0.15) is 5.10 Å². The molecule has 1 N–H and O–H groups in total. The molecule has 0 radical (unpaired) electrons. The summed E-state index contributed by atoms with van der Waals surface area (Å²) in [6.07, 6.45) is 3.77. The molecule has 8 heteroatoms. The minimum Gasteiger partial charge on any atom is -0.493 e. The third kappa shape index (κ3) is 4.33. The van der Waals surface area contributed by atoms with E-state index in [1.165, 1.54) is 11.3 Å². The Morgan fingerprint density at radius 3 is 2.67 bits per heavy atom. The van der Waals surface area contributed by atoms with E-state index < -0.39 is 0 Å². The van der Waals surface area contributed by atoms with Gasteiger partial charge >= 0.3 is 0 Å². The van der Waals surface area contributed by atoms with Crippen molar-refractivity contribution in [3.63, 3.8) is 0 Å². The fourth-order valence-electron chi connectivity index (χ4n) is 2.98. The Kier molecular flexibility index (Phi) is 5.76. The van der Waals surface area contributed by atoms with Gasteiger partial charge in [-0.1, -0.05) is 18.2 Å². The van der Waals surface area contributed by atoms with E-state index in [1.54, 1.807) is 25.1 Å². The normalized spacial score (nSPS) is 10.6. The molecule has 4 aromatic rings. The molecule has 4 rings (SSSR count). The number of carbonyl (C=O) groups is 1. The Morgan fingerprint density at radius 1 is 1.10 bits per heavy atom. The van der Waals surface area contributed by atoms with Crippen molar-refractivity contribution in [2.24, 2.45) is 0 Å². The van der Waals surface area contributed by atoms with Crippen LogP contribution >= 0.6 is 11.3 Å². The number of carbonyl (C=O) groups excluding carboxylic acids is 1. The van der Waals surface area contributed by atoms with E-state index in [0.717, 1.165) is 22.5 Å². The molecule has 30 heavy (non-hydrogen) atoms. The first-order chi connectivity index (χ1) is 14.7. The van der Waals surface area contributed by atoms with Crippen molar-refractivity contribution < 1.29 is 14.3 Å². The quantitative estimate of drug-likeness (QED) is 0.485. The Balaban J connectivity index is 1.42. The van der Waals surface area contributed by atoms with Crippen LogP contribution in [0, 0.1) is 0 Å². The SMILES string of the molecule is COc1ccc(-c2csc(NC(=O)Cc3cnn(-c4ccccc4)c3)n2)cc1OC. The summed E-state index contributed by atoms with van der Waals surface area (Å²) in [6, 6.07) is 15.4. The molecule has 0 atom stereocenters. The Labute approximate surface area is 177 Å². The predicted molar refractivity (Wildman–Crippen MR) is 117 cm³/mol. The minimum atomic E-state index is -0.143. The fourth-order valence-corrected chi connectivity index (χ4v) is 3.72. The van der Waals surface area contributed by atoms with Crippen LogP contribution in [0.3, 0.4) is 0 Å². The molecular weight excluding hydrogens is 400 g/mol. The van der Waals surface area contributed by atoms with Crippen molar-refractivity contribution in [2.45, 2.75) is 6.42 Å². The average Bonchev–Trinajstić information content (AvgIpc) is 3.43. The Bertz CT molecular complexity index is 1150. The van der Waals surface area contributed by atoms with E-state index in [0.29, 0.717) is 16.6 Å². The second-order valence-corrected chi connectivity index (χ2v) is 7.32. The van der Waals surface area contributed by atoms with Gasteiger partial charge in [0.2, 0.25) is 5.91 Å². The van der Waals surface area contributed by atoms with E-state index in [2.05, 4.69) is 15.4 Å². The Hall–Kier alpha value is -3.65. The summed E-state index contributed by atoms with van der Waals surface area (Å²) in [4.78, 5) is 17.0. The van der Waals surface area contributed by atoms with Crippen LogP contribution in [0.1, 0.15) is 5.56 Å². The van der Waals surface area contributed by atoms with Crippen LogP contribution in [0.15, 0.2) is 66.3 Å². The first-order valence-electron chi connectivity index (χ1n) is 9.23. The van der Waals surface area contributed by atoms with Crippen LogP contribution in [-0.2, 0) is 11.2 Å². The molecule has 0 aliphatic carbocycles. The maximum atomic E-state index is 12.4. The number of methoxy groups -OCH3 is 2. The smallest absolute Gasteiger partial charge is 0.230 e. The lowest BCUT2D eigenvalue weighted by atomic mass is 10.1. The summed E-state index contributed by atoms with van der Waals surface area (Å²) in [7, 11) is 3.19. The number of hydrogen-bond donors (Lipinski definition) is 1. The summed E-state index contributed by atoms with van der Waals surface area (Å²) < 4.78 is 12.4.